The molecule has 1 aliphatic heterocycles. The maximum Gasteiger partial charge on any atom is 0.0694 e. The molecule has 0 amide bonds. The summed E-state index contributed by atoms with van der Waals surface area (Å²) in [6.45, 7) is 2.60. The summed E-state index contributed by atoms with van der Waals surface area (Å²) >= 11 is 8.04. The molecule has 2 rings (SSSR count). The van der Waals surface area contributed by atoms with Crippen LogP contribution in [0.15, 0.2) is 23.1 Å². The van der Waals surface area contributed by atoms with E-state index in [9.17, 15) is 0 Å². The molecule has 0 saturated heterocycles. The molecular weight excluding hydrogens is 216 g/mol. The van der Waals surface area contributed by atoms with Gasteiger partial charge in [-0.2, -0.15) is 0 Å². The quantitative estimate of drug-likeness (QED) is 0.842. The van der Waals surface area contributed by atoms with Crippen LogP contribution < -0.4 is 10.6 Å². The fourth-order valence-electron chi connectivity index (χ4n) is 1.68. The Hall–Kier alpha value is -0.380. The zero-order valence-corrected chi connectivity index (χ0v) is 9.44. The van der Waals surface area contributed by atoms with Gasteiger partial charge in [0.25, 0.3) is 0 Å². The lowest BCUT2D eigenvalue weighted by molar-refractivity contribution is 0.805. The largest absolute Gasteiger partial charge is 0.367 e. The summed E-state index contributed by atoms with van der Waals surface area (Å²) in [5.74, 6) is 1.12. The van der Waals surface area contributed by atoms with Crippen molar-refractivity contribution in [3.8, 4) is 0 Å². The second-order valence-electron chi connectivity index (χ2n) is 3.21. The summed E-state index contributed by atoms with van der Waals surface area (Å²) < 4.78 is 0. The van der Waals surface area contributed by atoms with Gasteiger partial charge in [0.05, 0.1) is 10.7 Å². The zero-order valence-electron chi connectivity index (χ0n) is 7.87. The molecule has 1 aliphatic rings. The Bertz CT molecular complexity index is 330. The highest BCUT2D eigenvalue weighted by Gasteiger charge is 2.18. The van der Waals surface area contributed by atoms with Gasteiger partial charge in [-0.15, -0.1) is 11.8 Å². The highest BCUT2D eigenvalue weighted by atomic mass is 35.5. The van der Waals surface area contributed by atoms with Gasteiger partial charge < -0.3 is 10.6 Å². The smallest absolute Gasteiger partial charge is 0.0694 e. The number of hydrogen-bond acceptors (Lipinski definition) is 3. The Morgan fingerprint density at radius 1 is 1.50 bits per heavy atom. The number of halogens is 1. The van der Waals surface area contributed by atoms with Crippen LogP contribution in [0.3, 0.4) is 0 Å². The molecule has 0 radical (unpaired) electrons. The summed E-state index contributed by atoms with van der Waals surface area (Å²) in [6.07, 6.45) is 0. The minimum Gasteiger partial charge on any atom is -0.367 e. The van der Waals surface area contributed by atoms with Crippen LogP contribution in [-0.4, -0.2) is 25.4 Å². The third-order valence-electron chi connectivity index (χ3n) is 2.28. The summed E-state index contributed by atoms with van der Waals surface area (Å²) in [6, 6.07) is 6.06. The van der Waals surface area contributed by atoms with Crippen LogP contribution in [0.2, 0.25) is 5.02 Å². The van der Waals surface area contributed by atoms with Gasteiger partial charge >= 0.3 is 0 Å². The van der Waals surface area contributed by atoms with Crippen LogP contribution in [-0.2, 0) is 0 Å². The molecule has 0 unspecified atom stereocenters. The molecule has 4 heteroatoms. The molecular formula is C10H13ClN2S. The third-order valence-corrected chi connectivity index (χ3v) is 3.62. The number of hydrogen-bond donors (Lipinski definition) is 1. The number of para-hydroxylation sites is 1. The molecule has 0 aliphatic carbocycles. The Morgan fingerprint density at radius 2 is 2.36 bits per heavy atom. The number of nitrogens with two attached hydrogens (primary N) is 1. The van der Waals surface area contributed by atoms with Gasteiger partial charge in [0, 0.05) is 30.3 Å². The maximum absolute atomic E-state index is 6.18. The maximum atomic E-state index is 6.18. The van der Waals surface area contributed by atoms with Crippen LogP contribution in [0.4, 0.5) is 5.69 Å². The van der Waals surface area contributed by atoms with Crippen molar-refractivity contribution in [1.82, 2.24) is 0 Å². The number of nitrogens with zero attached hydrogens (tertiary/aromatic N) is 1. The molecule has 0 atom stereocenters. The van der Waals surface area contributed by atoms with Crippen molar-refractivity contribution in [2.75, 3.05) is 30.3 Å². The van der Waals surface area contributed by atoms with Crippen molar-refractivity contribution in [1.29, 1.82) is 0 Å². The predicted molar refractivity (Wildman–Crippen MR) is 63.4 cm³/mol. The molecule has 0 spiro atoms. The molecule has 1 heterocycles. The summed E-state index contributed by atoms with van der Waals surface area (Å²) in [5.41, 5.74) is 6.74. The molecule has 0 saturated carbocycles. The third kappa shape index (κ3) is 1.85. The lowest BCUT2D eigenvalue weighted by atomic mass is 10.2. The van der Waals surface area contributed by atoms with Gasteiger partial charge in [0.1, 0.15) is 0 Å². The monoisotopic (exact) mass is 228 g/mol. The summed E-state index contributed by atoms with van der Waals surface area (Å²) in [5, 5.41) is 0.836. The molecule has 2 N–H and O–H groups in total. The first-order valence-electron chi connectivity index (χ1n) is 4.69. The molecule has 0 aromatic heterocycles. The minimum atomic E-state index is 0.676. The van der Waals surface area contributed by atoms with E-state index >= 15 is 0 Å². The van der Waals surface area contributed by atoms with Crippen LogP contribution >= 0.6 is 23.4 Å². The van der Waals surface area contributed by atoms with E-state index in [1.165, 1.54) is 4.90 Å². The number of rotatable bonds is 2. The first kappa shape index (κ1) is 10.1. The first-order valence-corrected chi connectivity index (χ1v) is 6.05. The number of benzene rings is 1. The van der Waals surface area contributed by atoms with Gasteiger partial charge in [-0.25, -0.2) is 0 Å². The van der Waals surface area contributed by atoms with E-state index in [-0.39, 0.29) is 0 Å². The molecule has 1 aromatic rings. The lowest BCUT2D eigenvalue weighted by Gasteiger charge is -2.31. The van der Waals surface area contributed by atoms with Crippen molar-refractivity contribution < 1.29 is 0 Å². The highest BCUT2D eigenvalue weighted by molar-refractivity contribution is 7.99. The number of fused-ring (bicyclic) bond motifs is 1. The fourth-order valence-corrected chi connectivity index (χ4v) is 3.11. The van der Waals surface area contributed by atoms with Crippen LogP contribution in [0, 0.1) is 0 Å². The van der Waals surface area contributed by atoms with Crippen LogP contribution in [0.25, 0.3) is 0 Å². The molecule has 0 bridgehead atoms. The van der Waals surface area contributed by atoms with Gasteiger partial charge in [0.15, 0.2) is 0 Å². The standard InChI is InChI=1S/C10H13ClN2S/c11-8-2-1-3-9-10(8)13(5-4-12)6-7-14-9/h1-3H,4-7,12H2. The van der Waals surface area contributed by atoms with Crippen molar-refractivity contribution in [3.63, 3.8) is 0 Å². The average Bonchev–Trinajstić information content (AvgIpc) is 2.19. The second-order valence-corrected chi connectivity index (χ2v) is 4.75. The van der Waals surface area contributed by atoms with E-state index < -0.39 is 0 Å². The molecule has 1 aromatic carbocycles. The normalized spacial score (nSPS) is 15.4. The first-order chi connectivity index (χ1) is 6.83. The van der Waals surface area contributed by atoms with Gasteiger partial charge in [-0.3, -0.25) is 0 Å². The molecule has 76 valence electrons. The summed E-state index contributed by atoms with van der Waals surface area (Å²) in [7, 11) is 0. The highest BCUT2D eigenvalue weighted by Crippen LogP contribution is 2.39. The SMILES string of the molecule is NCCN1CCSc2cccc(Cl)c21. The molecule has 0 fully saturated rings. The average molecular weight is 229 g/mol. The Balaban J connectivity index is 2.36. The van der Waals surface area contributed by atoms with Crippen molar-refractivity contribution >= 4 is 29.1 Å². The van der Waals surface area contributed by atoms with E-state index in [1.54, 1.807) is 0 Å². The van der Waals surface area contributed by atoms with Crippen molar-refractivity contribution in [2.45, 2.75) is 4.90 Å². The van der Waals surface area contributed by atoms with Crippen LogP contribution in [0.1, 0.15) is 0 Å². The van der Waals surface area contributed by atoms with E-state index in [4.69, 9.17) is 17.3 Å². The molecule has 2 nitrogen and oxygen atoms in total. The lowest BCUT2D eigenvalue weighted by Crippen LogP contribution is -2.34. The fraction of sp³-hybridized carbons (Fsp3) is 0.400. The van der Waals surface area contributed by atoms with Gasteiger partial charge in [-0.1, -0.05) is 17.7 Å². The Kier molecular flexibility index (Phi) is 3.21. The van der Waals surface area contributed by atoms with E-state index in [2.05, 4.69) is 11.0 Å². The second kappa shape index (κ2) is 4.43. The van der Waals surface area contributed by atoms with Crippen LogP contribution in [0.5, 0.6) is 0 Å². The van der Waals surface area contributed by atoms with Crippen molar-refractivity contribution in [3.05, 3.63) is 23.2 Å². The predicted octanol–water partition coefficient (Wildman–Crippen LogP) is 2.21. The number of anilines is 1. The summed E-state index contributed by atoms with van der Waals surface area (Å²) in [4.78, 5) is 3.55. The topological polar surface area (TPSA) is 29.3 Å². The minimum absolute atomic E-state index is 0.676. The number of thioether (sulfide) groups is 1. The van der Waals surface area contributed by atoms with E-state index in [1.807, 2.05) is 23.9 Å². The Labute approximate surface area is 93.4 Å². The Morgan fingerprint density at radius 3 is 3.14 bits per heavy atom. The van der Waals surface area contributed by atoms with Gasteiger partial charge in [0.2, 0.25) is 0 Å². The zero-order chi connectivity index (χ0) is 9.97. The van der Waals surface area contributed by atoms with Gasteiger partial charge in [-0.05, 0) is 12.1 Å². The van der Waals surface area contributed by atoms with E-state index in [0.717, 1.165) is 29.6 Å². The molecule has 14 heavy (non-hydrogen) atoms. The van der Waals surface area contributed by atoms with Crippen molar-refractivity contribution in [2.24, 2.45) is 5.73 Å². The van der Waals surface area contributed by atoms with E-state index in [0.29, 0.717) is 6.54 Å².